The van der Waals surface area contributed by atoms with Gasteiger partial charge in [0, 0.05) is 0 Å². The van der Waals surface area contributed by atoms with Gasteiger partial charge in [0.25, 0.3) is 0 Å². The van der Waals surface area contributed by atoms with E-state index in [1.54, 1.807) is 0 Å². The minimum absolute atomic E-state index is 1.63. The van der Waals surface area contributed by atoms with Gasteiger partial charge in [-0.25, -0.2) is 0 Å². The molecule has 21 heavy (non-hydrogen) atoms. The second-order valence-electron chi connectivity index (χ2n) is 6.56. The van der Waals surface area contributed by atoms with Crippen LogP contribution in [0, 0.1) is 0 Å². The van der Waals surface area contributed by atoms with Crippen LogP contribution in [0.25, 0.3) is 0 Å². The molecule has 0 radical (unpaired) electrons. The zero-order valence-electron chi connectivity index (χ0n) is 10.2. The molecule has 11 heteroatoms. The molecule has 0 saturated carbocycles. The van der Waals surface area contributed by atoms with E-state index in [1.807, 2.05) is 0 Å². The van der Waals surface area contributed by atoms with Gasteiger partial charge in [0.15, 0.2) is 0 Å². The Morgan fingerprint density at radius 2 is 0.381 bits per heavy atom. The standard InChI is InChI=1S/10CHO.Mn/c10*1-2;/h10*1H;. The Balaban J connectivity index is 10.5. The summed E-state index contributed by atoms with van der Waals surface area (Å²) >= 11 is 0. The Morgan fingerprint density at radius 1 is 0.286 bits per heavy atom. The molecular formula is C10H10MnO10. The van der Waals surface area contributed by atoms with Crippen LogP contribution in [0.3, 0.4) is 0 Å². The molecule has 0 aliphatic carbocycles. The first-order chi connectivity index (χ1) is 9.31. The van der Waals surface area contributed by atoms with Crippen LogP contribution < -0.4 is 0 Å². The van der Waals surface area contributed by atoms with E-state index < -0.39 is 58.4 Å². The van der Waals surface area contributed by atoms with Crippen molar-refractivity contribution in [2.45, 2.75) is 0 Å². The van der Waals surface area contributed by atoms with Gasteiger partial charge in [-0.05, 0) is 0 Å². The predicted octanol–water partition coefficient (Wildman–Crippen LogP) is -2.74. The Labute approximate surface area is 107 Å². The SMILES string of the molecule is O=[CH][Mn]([CH]=O)([CH]=O)([CH]=O)([CH]=O)([CH]=O)([CH]=O)([CH]=O)([CH]=O)[CH]=O. The van der Waals surface area contributed by atoms with Crippen molar-refractivity contribution in [2.75, 3.05) is 0 Å². The molecule has 0 fully saturated rings. The van der Waals surface area contributed by atoms with E-state index in [4.69, 9.17) is 0 Å². The minimum atomic E-state index is -11.5. The summed E-state index contributed by atoms with van der Waals surface area (Å²) in [4.78, 5) is 118. The summed E-state index contributed by atoms with van der Waals surface area (Å²) in [6.07, 6.45) is 0. The molecule has 0 spiro atoms. The third-order valence-corrected chi connectivity index (χ3v) is 19.1. The van der Waals surface area contributed by atoms with Crippen LogP contribution in [0.1, 0.15) is 0 Å². The molecule has 117 valence electrons. The summed E-state index contributed by atoms with van der Waals surface area (Å²) in [6, 6.07) is 0. The first kappa shape index (κ1) is 18.2. The average Bonchev–Trinajstić information content (AvgIpc) is 2.65. The predicted molar refractivity (Wildman–Crippen MR) is 67.5 cm³/mol. The quantitative estimate of drug-likeness (QED) is 0.299. The van der Waals surface area contributed by atoms with E-state index in [0.29, 0.717) is 0 Å². The van der Waals surface area contributed by atoms with Crippen LogP contribution in [0.5, 0.6) is 0 Å². The number of rotatable bonds is 10. The van der Waals surface area contributed by atoms with Gasteiger partial charge in [0.2, 0.25) is 0 Å². The average molecular weight is 345 g/mol. The second-order valence-corrected chi connectivity index (χ2v) is 27.0. The van der Waals surface area contributed by atoms with Gasteiger partial charge >= 0.3 is 106 Å². The summed E-state index contributed by atoms with van der Waals surface area (Å²) in [5, 5.41) is -16.3. The van der Waals surface area contributed by atoms with Gasteiger partial charge in [0.1, 0.15) is 0 Å². The fourth-order valence-corrected chi connectivity index (χ4v) is 3.90. The van der Waals surface area contributed by atoms with Crippen molar-refractivity contribution < 1.29 is 54.5 Å². The van der Waals surface area contributed by atoms with Crippen LogP contribution in [0.2, 0.25) is 0 Å². The summed E-state index contributed by atoms with van der Waals surface area (Å²) in [5.74, 6) is 0. The summed E-state index contributed by atoms with van der Waals surface area (Å²) in [7, 11) is 0. The first-order valence-electron chi connectivity index (χ1n) is 4.54. The molecule has 0 aromatic carbocycles. The van der Waals surface area contributed by atoms with E-state index in [1.165, 1.54) is 0 Å². The summed E-state index contributed by atoms with van der Waals surface area (Å²) < 4.78 is 0. The molecule has 0 aliphatic rings. The van der Waals surface area contributed by atoms with Gasteiger partial charge in [-0.3, -0.25) is 0 Å². The van der Waals surface area contributed by atoms with Crippen molar-refractivity contribution in [2.24, 2.45) is 0 Å². The molecule has 0 heterocycles. The van der Waals surface area contributed by atoms with E-state index in [2.05, 4.69) is 0 Å². The fraction of sp³-hybridized carbons (Fsp3) is 0. The zero-order valence-corrected chi connectivity index (χ0v) is 11.4. The third kappa shape index (κ3) is 0.524. The van der Waals surface area contributed by atoms with Crippen LogP contribution in [0.15, 0.2) is 0 Å². The van der Waals surface area contributed by atoms with Crippen molar-refractivity contribution in [3.8, 4) is 0 Å². The van der Waals surface area contributed by atoms with Crippen molar-refractivity contribution >= 4 is 51.8 Å². The van der Waals surface area contributed by atoms with Crippen molar-refractivity contribution in [1.29, 1.82) is 0 Å². The topological polar surface area (TPSA) is 171 Å². The van der Waals surface area contributed by atoms with Crippen molar-refractivity contribution in [3.63, 3.8) is 0 Å². The Hall–Kier alpha value is -2.78. The number of carbonyl (C=O) groups is 10. The van der Waals surface area contributed by atoms with Gasteiger partial charge in [-0.15, -0.1) is 0 Å². The maximum absolute atomic E-state index is 11.8. The first-order valence-corrected chi connectivity index (χ1v) is 11.4. The molecule has 0 saturated heterocycles. The van der Waals surface area contributed by atoms with E-state index >= 15 is 0 Å². The van der Waals surface area contributed by atoms with Crippen LogP contribution in [-0.2, 0) is 54.5 Å². The Kier molecular flexibility index (Phi) is 1.44. The summed E-state index contributed by atoms with van der Waals surface area (Å²) in [6.45, 7) is -11.5. The molecule has 0 N–H and O–H groups in total. The van der Waals surface area contributed by atoms with Gasteiger partial charge in [-0.1, -0.05) is 0 Å². The molecule has 0 aromatic heterocycles. The van der Waals surface area contributed by atoms with Crippen LogP contribution in [-0.4, -0.2) is 51.8 Å². The van der Waals surface area contributed by atoms with Crippen molar-refractivity contribution in [3.05, 3.63) is 0 Å². The number of carbonyl (C=O) groups excluding carboxylic acids is 10. The van der Waals surface area contributed by atoms with E-state index in [9.17, 15) is 47.9 Å². The van der Waals surface area contributed by atoms with Crippen LogP contribution >= 0.6 is 0 Å². The summed E-state index contributed by atoms with van der Waals surface area (Å²) in [5.41, 5.74) is 0. The Morgan fingerprint density at radius 3 is 0.381 bits per heavy atom. The van der Waals surface area contributed by atoms with Crippen LogP contribution in [0.4, 0.5) is 0 Å². The maximum atomic E-state index is 11.8. The molecule has 0 atom stereocenters. The molecule has 0 bridgehead atoms. The number of hydrogen-bond donors (Lipinski definition) is 0. The molecule has 0 unspecified atom stereocenters. The van der Waals surface area contributed by atoms with Gasteiger partial charge in [-0.2, -0.15) is 0 Å². The molecule has 0 aliphatic heterocycles. The monoisotopic (exact) mass is 345 g/mol. The molecule has 10 nitrogen and oxygen atoms in total. The number of hydrogen-bond acceptors (Lipinski definition) is 10. The second kappa shape index (κ2) is 1.66. The molecule has 0 rings (SSSR count). The zero-order chi connectivity index (χ0) is 17.4. The molecule has 0 amide bonds. The van der Waals surface area contributed by atoms with Gasteiger partial charge in [0.05, 0.1) is 0 Å². The Bertz CT molecular complexity index is 593. The van der Waals surface area contributed by atoms with E-state index in [0.717, 1.165) is 0 Å². The normalized spacial score (nSPS) is 23.8. The van der Waals surface area contributed by atoms with Gasteiger partial charge < -0.3 is 0 Å². The fourth-order valence-electron chi connectivity index (χ4n) is 0.945. The van der Waals surface area contributed by atoms with E-state index in [-0.39, 0.29) is 0 Å². The third-order valence-electron chi connectivity index (χ3n) is 4.63. The molecule has 0 aromatic rings. The van der Waals surface area contributed by atoms with Crippen molar-refractivity contribution in [1.82, 2.24) is 0 Å². The molecular weight excluding hydrogens is 335 g/mol.